The van der Waals surface area contributed by atoms with Crippen molar-refractivity contribution in [3.8, 4) is 11.5 Å². The number of fused-ring (bicyclic) bond motifs is 1. The molecule has 0 aliphatic carbocycles. The molecule has 0 saturated heterocycles. The normalized spacial score (nSPS) is 12.7. The topological polar surface area (TPSA) is 93.9 Å². The molecule has 1 heterocycles. The van der Waals surface area contributed by atoms with E-state index >= 15 is 0 Å². The molecule has 0 unspecified atom stereocenters. The van der Waals surface area contributed by atoms with Crippen LogP contribution < -0.4 is 25.4 Å². The zero-order valence-corrected chi connectivity index (χ0v) is 14.0. The van der Waals surface area contributed by atoms with Gasteiger partial charge in [0.15, 0.2) is 11.5 Å². The molecular formula is C18H19N3O4. The van der Waals surface area contributed by atoms with E-state index in [1.807, 2.05) is 18.2 Å². The molecule has 2 amide bonds. The van der Waals surface area contributed by atoms with Crippen molar-refractivity contribution in [3.05, 3.63) is 47.5 Å². The van der Waals surface area contributed by atoms with Crippen molar-refractivity contribution in [1.29, 1.82) is 0 Å². The third-order valence-corrected chi connectivity index (χ3v) is 4.06. The summed E-state index contributed by atoms with van der Waals surface area (Å²) in [6.45, 7) is 0.492. The molecule has 0 radical (unpaired) electrons. The van der Waals surface area contributed by atoms with E-state index in [-0.39, 0.29) is 12.5 Å². The van der Waals surface area contributed by atoms with Gasteiger partial charge in [-0.15, -0.1) is 0 Å². The van der Waals surface area contributed by atoms with Crippen LogP contribution in [0.2, 0.25) is 0 Å². The van der Waals surface area contributed by atoms with Crippen LogP contribution in [0.1, 0.15) is 15.9 Å². The Kier molecular flexibility index (Phi) is 4.47. The molecule has 3 rings (SSSR count). The Hall–Kier alpha value is -3.22. The molecule has 7 nitrogen and oxygen atoms in total. The first-order valence-electron chi connectivity index (χ1n) is 7.72. The van der Waals surface area contributed by atoms with Gasteiger partial charge in [-0.1, -0.05) is 6.07 Å². The highest BCUT2D eigenvalue weighted by molar-refractivity contribution is 6.10. The van der Waals surface area contributed by atoms with E-state index in [4.69, 9.17) is 15.2 Å². The maximum absolute atomic E-state index is 12.8. The summed E-state index contributed by atoms with van der Waals surface area (Å²) in [7, 11) is 3.12. The third kappa shape index (κ3) is 3.21. The predicted octanol–water partition coefficient (Wildman–Crippen LogP) is 1.76. The van der Waals surface area contributed by atoms with Gasteiger partial charge in [-0.2, -0.15) is 0 Å². The van der Waals surface area contributed by atoms with Gasteiger partial charge in [0.25, 0.3) is 5.91 Å². The Morgan fingerprint density at radius 1 is 1.16 bits per heavy atom. The summed E-state index contributed by atoms with van der Waals surface area (Å²) in [5.74, 6) is 0.602. The van der Waals surface area contributed by atoms with Gasteiger partial charge in [0, 0.05) is 23.0 Å². The van der Waals surface area contributed by atoms with Gasteiger partial charge < -0.3 is 25.4 Å². The van der Waals surface area contributed by atoms with Gasteiger partial charge >= 0.3 is 0 Å². The lowest BCUT2D eigenvalue weighted by molar-refractivity contribution is -0.116. The monoisotopic (exact) mass is 341 g/mol. The Bertz CT molecular complexity index is 835. The number of methoxy groups -OCH3 is 2. The fourth-order valence-electron chi connectivity index (χ4n) is 2.80. The Balaban J connectivity index is 1.86. The van der Waals surface area contributed by atoms with Gasteiger partial charge in [0.05, 0.1) is 27.3 Å². The highest BCUT2D eigenvalue weighted by atomic mass is 16.5. The average Bonchev–Trinajstić information content (AvgIpc) is 2.95. The minimum atomic E-state index is -0.459. The number of nitrogens with zero attached hydrogens (tertiary/aromatic N) is 1. The lowest BCUT2D eigenvalue weighted by Gasteiger charge is -2.17. The largest absolute Gasteiger partial charge is 0.493 e. The molecule has 1 aliphatic heterocycles. The number of ether oxygens (including phenoxy) is 2. The number of hydrogen-bond acceptors (Lipinski definition) is 5. The van der Waals surface area contributed by atoms with E-state index in [0.717, 1.165) is 11.3 Å². The number of benzene rings is 2. The number of amides is 2. The van der Waals surface area contributed by atoms with Crippen molar-refractivity contribution >= 4 is 23.2 Å². The second-order valence-electron chi connectivity index (χ2n) is 5.62. The van der Waals surface area contributed by atoms with E-state index in [1.165, 1.54) is 0 Å². The third-order valence-electron chi connectivity index (χ3n) is 4.06. The minimum absolute atomic E-state index is 0.0202. The van der Waals surface area contributed by atoms with Crippen molar-refractivity contribution < 1.29 is 19.1 Å². The molecule has 3 N–H and O–H groups in total. The number of rotatable bonds is 6. The SMILES string of the molecule is COc1ccc(N2Cc3ccc(NCC(N)=O)cc3C2=O)cc1OC. The zero-order valence-electron chi connectivity index (χ0n) is 14.0. The predicted molar refractivity (Wildman–Crippen MR) is 94.2 cm³/mol. The number of carbonyl (C=O) groups excluding carboxylic acids is 2. The summed E-state index contributed by atoms with van der Waals surface area (Å²) >= 11 is 0. The summed E-state index contributed by atoms with van der Waals surface area (Å²) in [4.78, 5) is 25.3. The van der Waals surface area contributed by atoms with Gasteiger partial charge in [-0.25, -0.2) is 0 Å². The highest BCUT2D eigenvalue weighted by Crippen LogP contribution is 2.35. The van der Waals surface area contributed by atoms with E-state index in [2.05, 4.69) is 5.32 Å². The minimum Gasteiger partial charge on any atom is -0.493 e. The van der Waals surface area contributed by atoms with E-state index in [1.54, 1.807) is 37.3 Å². The summed E-state index contributed by atoms with van der Waals surface area (Å²) in [6, 6.07) is 10.8. The van der Waals surface area contributed by atoms with Gasteiger partial charge in [-0.05, 0) is 29.8 Å². The Morgan fingerprint density at radius 2 is 1.92 bits per heavy atom. The van der Waals surface area contributed by atoms with Crippen LogP contribution in [0, 0.1) is 0 Å². The molecule has 130 valence electrons. The van der Waals surface area contributed by atoms with Crippen molar-refractivity contribution in [3.63, 3.8) is 0 Å². The fourth-order valence-corrected chi connectivity index (χ4v) is 2.80. The fraction of sp³-hybridized carbons (Fsp3) is 0.222. The van der Waals surface area contributed by atoms with E-state index < -0.39 is 5.91 Å². The molecule has 2 aromatic rings. The molecule has 0 spiro atoms. The number of carbonyl (C=O) groups is 2. The Labute approximate surface area is 145 Å². The molecule has 0 fully saturated rings. The van der Waals surface area contributed by atoms with E-state index in [9.17, 15) is 9.59 Å². The summed E-state index contributed by atoms with van der Waals surface area (Å²) in [6.07, 6.45) is 0. The van der Waals surface area contributed by atoms with Gasteiger partial charge in [0.1, 0.15) is 0 Å². The number of nitrogens with two attached hydrogens (primary N) is 1. The van der Waals surface area contributed by atoms with Gasteiger partial charge in [-0.3, -0.25) is 9.59 Å². The zero-order chi connectivity index (χ0) is 18.0. The van der Waals surface area contributed by atoms with E-state index in [0.29, 0.717) is 29.3 Å². The van der Waals surface area contributed by atoms with Crippen molar-refractivity contribution in [2.45, 2.75) is 6.54 Å². The molecule has 0 atom stereocenters. The van der Waals surface area contributed by atoms with Crippen LogP contribution in [0.15, 0.2) is 36.4 Å². The number of primary amides is 1. The quantitative estimate of drug-likeness (QED) is 0.835. The lowest BCUT2D eigenvalue weighted by Crippen LogP contribution is -2.23. The highest BCUT2D eigenvalue weighted by Gasteiger charge is 2.29. The summed E-state index contributed by atoms with van der Waals surface area (Å²) in [5, 5.41) is 2.90. The van der Waals surface area contributed by atoms with Crippen LogP contribution >= 0.6 is 0 Å². The maximum Gasteiger partial charge on any atom is 0.259 e. The number of anilines is 2. The van der Waals surface area contributed by atoms with Crippen LogP contribution in [-0.2, 0) is 11.3 Å². The smallest absolute Gasteiger partial charge is 0.259 e. The van der Waals surface area contributed by atoms with Crippen LogP contribution in [0.25, 0.3) is 0 Å². The maximum atomic E-state index is 12.8. The summed E-state index contributed by atoms with van der Waals surface area (Å²) in [5.41, 5.74) is 8.06. The molecule has 25 heavy (non-hydrogen) atoms. The van der Waals surface area contributed by atoms with Gasteiger partial charge in [0.2, 0.25) is 5.91 Å². The molecule has 1 aliphatic rings. The molecule has 2 aromatic carbocycles. The van der Waals surface area contributed by atoms with Crippen molar-refractivity contribution in [2.75, 3.05) is 31.0 Å². The number of hydrogen-bond donors (Lipinski definition) is 2. The van der Waals surface area contributed by atoms with Crippen LogP contribution in [0.5, 0.6) is 11.5 Å². The molecule has 7 heteroatoms. The first-order chi connectivity index (χ1) is 12.0. The molecule has 0 saturated carbocycles. The van der Waals surface area contributed by atoms with Crippen LogP contribution in [0.3, 0.4) is 0 Å². The average molecular weight is 341 g/mol. The Morgan fingerprint density at radius 3 is 2.60 bits per heavy atom. The van der Waals surface area contributed by atoms with Crippen LogP contribution in [0.4, 0.5) is 11.4 Å². The molecule has 0 aromatic heterocycles. The van der Waals surface area contributed by atoms with Crippen LogP contribution in [-0.4, -0.2) is 32.6 Å². The lowest BCUT2D eigenvalue weighted by atomic mass is 10.1. The van der Waals surface area contributed by atoms with Crippen molar-refractivity contribution in [2.24, 2.45) is 5.73 Å². The first kappa shape index (κ1) is 16.6. The second kappa shape index (κ2) is 6.72. The number of nitrogens with one attached hydrogen (secondary N) is 1. The summed E-state index contributed by atoms with van der Waals surface area (Å²) < 4.78 is 10.5. The van der Waals surface area contributed by atoms with Crippen molar-refractivity contribution in [1.82, 2.24) is 0 Å². The molecular weight excluding hydrogens is 322 g/mol. The standard InChI is InChI=1S/C18H19N3O4/c1-24-15-6-5-13(8-16(15)25-2)21-10-11-3-4-12(20-9-17(19)22)7-14(11)18(21)23/h3-8,20H,9-10H2,1-2H3,(H2,19,22). The second-order valence-corrected chi connectivity index (χ2v) is 5.62. The first-order valence-corrected chi connectivity index (χ1v) is 7.72. The molecule has 0 bridgehead atoms.